The molecule has 0 saturated heterocycles. The number of carbonyl (C=O) groups is 2. The van der Waals surface area contributed by atoms with Crippen LogP contribution in [0.1, 0.15) is 48.8 Å². The summed E-state index contributed by atoms with van der Waals surface area (Å²) in [4.78, 5) is 36.0. The van der Waals surface area contributed by atoms with Crippen molar-refractivity contribution in [1.29, 1.82) is 0 Å². The van der Waals surface area contributed by atoms with Crippen LogP contribution in [0.5, 0.6) is 5.88 Å². The van der Waals surface area contributed by atoms with E-state index < -0.39 is 6.23 Å². The van der Waals surface area contributed by atoms with Gasteiger partial charge in [0, 0.05) is 29.0 Å². The minimum Gasteiger partial charge on any atom is -0.481 e. The van der Waals surface area contributed by atoms with Crippen LogP contribution in [-0.4, -0.2) is 29.0 Å². The van der Waals surface area contributed by atoms with E-state index in [0.717, 1.165) is 11.8 Å². The van der Waals surface area contributed by atoms with Crippen molar-refractivity contribution in [1.82, 2.24) is 9.97 Å². The van der Waals surface area contributed by atoms with Gasteiger partial charge in [-0.1, -0.05) is 32.0 Å². The van der Waals surface area contributed by atoms with Crippen LogP contribution in [0, 0.1) is 5.92 Å². The SMILES string of the molecule is COc1ccc2ccc(N3C(=O)c4ccccc4C3OC(=O)CCC(C)C)nc2n1. The number of nitrogens with zero attached hydrogens (tertiary/aromatic N) is 3. The molecule has 2 aromatic heterocycles. The van der Waals surface area contributed by atoms with Crippen molar-refractivity contribution in [3.8, 4) is 5.88 Å². The lowest BCUT2D eigenvalue weighted by Crippen LogP contribution is -2.31. The molecule has 1 aliphatic heterocycles. The van der Waals surface area contributed by atoms with Gasteiger partial charge < -0.3 is 9.47 Å². The maximum Gasteiger partial charge on any atom is 0.307 e. The molecule has 0 N–H and O–H groups in total. The van der Waals surface area contributed by atoms with Gasteiger partial charge in [0.2, 0.25) is 12.1 Å². The van der Waals surface area contributed by atoms with Crippen LogP contribution in [0.3, 0.4) is 0 Å². The number of fused-ring (bicyclic) bond motifs is 2. The monoisotopic (exact) mass is 405 g/mol. The molecule has 7 heteroatoms. The molecule has 7 nitrogen and oxygen atoms in total. The highest BCUT2D eigenvalue weighted by Crippen LogP contribution is 2.38. The minimum absolute atomic E-state index is 0.262. The zero-order chi connectivity index (χ0) is 21.3. The van der Waals surface area contributed by atoms with Gasteiger partial charge in [-0.25, -0.2) is 4.98 Å². The summed E-state index contributed by atoms with van der Waals surface area (Å²) >= 11 is 0. The van der Waals surface area contributed by atoms with Gasteiger partial charge in [-0.15, -0.1) is 0 Å². The van der Waals surface area contributed by atoms with Gasteiger partial charge in [-0.3, -0.25) is 14.5 Å². The smallest absolute Gasteiger partial charge is 0.307 e. The third-order valence-corrected chi connectivity index (χ3v) is 5.05. The number of ether oxygens (including phenoxy) is 2. The number of hydrogen-bond acceptors (Lipinski definition) is 6. The molecular weight excluding hydrogens is 382 g/mol. The van der Waals surface area contributed by atoms with Gasteiger partial charge in [0.25, 0.3) is 5.91 Å². The summed E-state index contributed by atoms with van der Waals surface area (Å²) in [7, 11) is 1.53. The van der Waals surface area contributed by atoms with E-state index >= 15 is 0 Å². The maximum atomic E-state index is 13.2. The number of aromatic nitrogens is 2. The molecule has 1 unspecified atom stereocenters. The van der Waals surface area contributed by atoms with Crippen LogP contribution in [0.25, 0.3) is 11.0 Å². The number of carbonyl (C=O) groups excluding carboxylic acids is 2. The van der Waals surface area contributed by atoms with Crippen molar-refractivity contribution >= 4 is 28.7 Å². The summed E-state index contributed by atoms with van der Waals surface area (Å²) in [6, 6.07) is 14.3. The average Bonchev–Trinajstić information content (AvgIpc) is 3.03. The molecule has 4 rings (SSSR count). The van der Waals surface area contributed by atoms with Crippen molar-refractivity contribution in [2.45, 2.75) is 32.9 Å². The van der Waals surface area contributed by atoms with Crippen LogP contribution in [-0.2, 0) is 9.53 Å². The summed E-state index contributed by atoms with van der Waals surface area (Å²) in [5, 5.41) is 0.814. The van der Waals surface area contributed by atoms with Crippen LogP contribution in [0.15, 0.2) is 48.5 Å². The van der Waals surface area contributed by atoms with Crippen molar-refractivity contribution in [2.75, 3.05) is 12.0 Å². The van der Waals surface area contributed by atoms with E-state index in [2.05, 4.69) is 9.97 Å². The third-order valence-electron chi connectivity index (χ3n) is 5.05. The zero-order valence-electron chi connectivity index (χ0n) is 17.2. The zero-order valence-corrected chi connectivity index (χ0v) is 17.2. The van der Waals surface area contributed by atoms with Crippen LogP contribution in [0.4, 0.5) is 5.82 Å². The van der Waals surface area contributed by atoms with E-state index in [4.69, 9.17) is 9.47 Å². The first-order valence-corrected chi connectivity index (χ1v) is 9.91. The van der Waals surface area contributed by atoms with E-state index in [0.29, 0.717) is 40.8 Å². The Bertz CT molecular complexity index is 1110. The Morgan fingerprint density at radius 2 is 1.87 bits per heavy atom. The second-order valence-electron chi connectivity index (χ2n) is 7.61. The van der Waals surface area contributed by atoms with E-state index in [-0.39, 0.29) is 11.9 Å². The van der Waals surface area contributed by atoms with Crippen LogP contribution >= 0.6 is 0 Å². The third kappa shape index (κ3) is 3.70. The second-order valence-corrected chi connectivity index (χ2v) is 7.61. The Morgan fingerprint density at radius 1 is 1.10 bits per heavy atom. The summed E-state index contributed by atoms with van der Waals surface area (Å²) in [6.07, 6.45) is 0.158. The molecular formula is C23H23N3O4. The second kappa shape index (κ2) is 8.10. The van der Waals surface area contributed by atoms with Crippen molar-refractivity contribution in [3.63, 3.8) is 0 Å². The molecule has 0 spiro atoms. The van der Waals surface area contributed by atoms with Crippen molar-refractivity contribution in [2.24, 2.45) is 5.92 Å². The summed E-state index contributed by atoms with van der Waals surface area (Å²) in [5.74, 6) is 0.575. The minimum atomic E-state index is -0.857. The lowest BCUT2D eigenvalue weighted by molar-refractivity contribution is -0.149. The standard InChI is InChI=1S/C23H23N3O4/c1-14(2)8-13-20(27)30-23-17-7-5-4-6-16(17)22(28)26(23)18-11-9-15-10-12-19(29-3)25-21(15)24-18/h4-7,9-12,14,23H,8,13H2,1-3H3. The molecule has 0 aliphatic carbocycles. The molecule has 1 amide bonds. The molecule has 1 aliphatic rings. The van der Waals surface area contributed by atoms with Gasteiger partial charge in [0.1, 0.15) is 5.82 Å². The number of amides is 1. The normalized spacial score (nSPS) is 15.5. The molecule has 0 fully saturated rings. The van der Waals surface area contributed by atoms with Gasteiger partial charge in [-0.05, 0) is 36.6 Å². The topological polar surface area (TPSA) is 81.6 Å². The number of methoxy groups -OCH3 is 1. The van der Waals surface area contributed by atoms with Gasteiger partial charge in [0.15, 0.2) is 5.65 Å². The largest absolute Gasteiger partial charge is 0.481 e. The molecule has 1 aromatic carbocycles. The number of hydrogen-bond donors (Lipinski definition) is 0. The first-order valence-electron chi connectivity index (χ1n) is 9.91. The van der Waals surface area contributed by atoms with E-state index in [1.165, 1.54) is 12.0 Å². The summed E-state index contributed by atoms with van der Waals surface area (Å²) in [5.41, 5.74) is 1.60. The van der Waals surface area contributed by atoms with E-state index in [1.54, 1.807) is 30.3 Å². The predicted octanol–water partition coefficient (Wildman–Crippen LogP) is 4.28. The van der Waals surface area contributed by atoms with Crippen molar-refractivity contribution < 1.29 is 19.1 Å². The molecule has 1 atom stereocenters. The van der Waals surface area contributed by atoms with Gasteiger partial charge in [0.05, 0.1) is 7.11 Å². The lowest BCUT2D eigenvalue weighted by Gasteiger charge is -2.24. The van der Waals surface area contributed by atoms with Gasteiger partial charge in [-0.2, -0.15) is 4.98 Å². The first kappa shape index (κ1) is 19.8. The Morgan fingerprint density at radius 3 is 2.63 bits per heavy atom. The molecule has 30 heavy (non-hydrogen) atoms. The Labute approximate surface area is 174 Å². The molecule has 154 valence electrons. The first-order chi connectivity index (χ1) is 14.5. The Balaban J connectivity index is 1.72. The molecule has 0 saturated carbocycles. The molecule has 0 radical (unpaired) electrons. The lowest BCUT2D eigenvalue weighted by atomic mass is 10.1. The Hall–Kier alpha value is -3.48. The molecule has 3 aromatic rings. The predicted molar refractivity (Wildman–Crippen MR) is 112 cm³/mol. The molecule has 0 bridgehead atoms. The number of benzene rings is 1. The highest BCUT2D eigenvalue weighted by Gasteiger charge is 2.40. The van der Waals surface area contributed by atoms with Crippen LogP contribution < -0.4 is 9.64 Å². The van der Waals surface area contributed by atoms with E-state index in [9.17, 15) is 9.59 Å². The fraction of sp³-hybridized carbons (Fsp3) is 0.304. The van der Waals surface area contributed by atoms with Crippen LogP contribution in [0.2, 0.25) is 0 Å². The summed E-state index contributed by atoms with van der Waals surface area (Å²) < 4.78 is 10.9. The highest BCUT2D eigenvalue weighted by molar-refractivity contribution is 6.10. The van der Waals surface area contributed by atoms with Crippen molar-refractivity contribution in [3.05, 3.63) is 59.7 Å². The van der Waals surface area contributed by atoms with E-state index in [1.807, 2.05) is 32.0 Å². The average molecular weight is 405 g/mol. The fourth-order valence-corrected chi connectivity index (χ4v) is 3.43. The highest BCUT2D eigenvalue weighted by atomic mass is 16.6. The number of pyridine rings is 2. The quantitative estimate of drug-likeness (QED) is 0.570. The fourth-order valence-electron chi connectivity index (χ4n) is 3.43. The number of rotatable bonds is 6. The maximum absolute atomic E-state index is 13.2. The van der Waals surface area contributed by atoms with Gasteiger partial charge >= 0.3 is 5.97 Å². The molecule has 3 heterocycles. The summed E-state index contributed by atoms with van der Waals surface area (Å²) in [6.45, 7) is 4.10. The number of esters is 1. The number of anilines is 1. The Kier molecular flexibility index (Phi) is 5.35.